The van der Waals surface area contributed by atoms with Crippen molar-refractivity contribution in [3.63, 3.8) is 0 Å². The lowest BCUT2D eigenvalue weighted by atomic mass is 10.2. The van der Waals surface area contributed by atoms with E-state index in [0.717, 1.165) is 4.88 Å². The summed E-state index contributed by atoms with van der Waals surface area (Å²) in [5.74, 6) is -0.0389. The molecule has 1 N–H and O–H groups in total. The predicted octanol–water partition coefficient (Wildman–Crippen LogP) is 3.47. The van der Waals surface area contributed by atoms with Gasteiger partial charge in [-0.1, -0.05) is 6.07 Å². The number of esters is 1. The SMILES string of the molecule is COc1ccc([N+](=O)[O-])cc1NC(=O)[C@H](C)OC(=O)CSCc1cccs1. The van der Waals surface area contributed by atoms with E-state index in [0.29, 0.717) is 5.75 Å². The van der Waals surface area contributed by atoms with Crippen molar-refractivity contribution in [1.82, 2.24) is 0 Å². The molecule has 0 aliphatic carbocycles. The number of nitro groups is 1. The number of hydrogen-bond donors (Lipinski definition) is 1. The normalized spacial score (nSPS) is 11.5. The number of nitro benzene ring substituents is 1. The first-order chi connectivity index (χ1) is 12.9. The number of methoxy groups -OCH3 is 1. The van der Waals surface area contributed by atoms with Crippen LogP contribution in [0, 0.1) is 10.1 Å². The zero-order valence-electron chi connectivity index (χ0n) is 14.7. The Balaban J connectivity index is 1.88. The maximum absolute atomic E-state index is 12.2. The van der Waals surface area contributed by atoms with Crippen molar-refractivity contribution < 1.29 is 24.0 Å². The first-order valence-corrected chi connectivity index (χ1v) is 9.87. The van der Waals surface area contributed by atoms with Crippen LogP contribution in [0.5, 0.6) is 5.75 Å². The Morgan fingerprint density at radius 3 is 2.78 bits per heavy atom. The number of thioether (sulfide) groups is 1. The van der Waals surface area contributed by atoms with Gasteiger partial charge in [0.25, 0.3) is 11.6 Å². The summed E-state index contributed by atoms with van der Waals surface area (Å²) < 4.78 is 10.2. The minimum Gasteiger partial charge on any atom is -0.495 e. The van der Waals surface area contributed by atoms with E-state index in [1.165, 1.54) is 44.0 Å². The zero-order chi connectivity index (χ0) is 19.8. The molecule has 2 rings (SSSR count). The van der Waals surface area contributed by atoms with Crippen LogP contribution >= 0.6 is 23.1 Å². The number of carbonyl (C=O) groups excluding carboxylic acids is 2. The van der Waals surface area contributed by atoms with Gasteiger partial charge in [0, 0.05) is 22.8 Å². The number of hydrogen-bond acceptors (Lipinski definition) is 8. The molecule has 1 aromatic heterocycles. The molecular weight excluding hydrogens is 392 g/mol. The number of rotatable bonds is 9. The molecule has 0 saturated heterocycles. The van der Waals surface area contributed by atoms with Gasteiger partial charge in [0.05, 0.1) is 23.5 Å². The van der Waals surface area contributed by atoms with Gasteiger partial charge in [0.15, 0.2) is 6.10 Å². The van der Waals surface area contributed by atoms with Gasteiger partial charge in [0.2, 0.25) is 0 Å². The highest BCUT2D eigenvalue weighted by Crippen LogP contribution is 2.29. The summed E-state index contributed by atoms with van der Waals surface area (Å²) in [6.07, 6.45) is -1.05. The van der Waals surface area contributed by atoms with Crippen molar-refractivity contribution in [2.24, 2.45) is 0 Å². The Hall–Kier alpha value is -2.59. The summed E-state index contributed by atoms with van der Waals surface area (Å²) in [5.41, 5.74) is -0.0626. The third-order valence-corrected chi connectivity index (χ3v) is 5.39. The van der Waals surface area contributed by atoms with Crippen molar-refractivity contribution in [1.29, 1.82) is 0 Å². The largest absolute Gasteiger partial charge is 0.495 e. The number of thiophene rings is 1. The van der Waals surface area contributed by atoms with Crippen molar-refractivity contribution in [3.05, 3.63) is 50.7 Å². The molecule has 0 spiro atoms. The average Bonchev–Trinajstić information content (AvgIpc) is 3.14. The van der Waals surface area contributed by atoms with Crippen LogP contribution in [0.3, 0.4) is 0 Å². The van der Waals surface area contributed by atoms with E-state index >= 15 is 0 Å². The molecule has 1 atom stereocenters. The van der Waals surface area contributed by atoms with Crippen molar-refractivity contribution in [2.75, 3.05) is 18.2 Å². The van der Waals surface area contributed by atoms with Gasteiger partial charge in [-0.2, -0.15) is 0 Å². The molecule has 1 heterocycles. The molecule has 2 aromatic rings. The summed E-state index contributed by atoms with van der Waals surface area (Å²) in [6.45, 7) is 1.43. The number of benzene rings is 1. The van der Waals surface area contributed by atoms with Gasteiger partial charge >= 0.3 is 5.97 Å². The highest BCUT2D eigenvalue weighted by Gasteiger charge is 2.20. The van der Waals surface area contributed by atoms with Crippen LogP contribution in [0.25, 0.3) is 0 Å². The second kappa shape index (κ2) is 9.93. The number of nitrogens with zero attached hydrogens (tertiary/aromatic N) is 1. The van der Waals surface area contributed by atoms with Gasteiger partial charge in [-0.05, 0) is 24.4 Å². The Kier molecular flexibility index (Phi) is 7.62. The van der Waals surface area contributed by atoms with Crippen molar-refractivity contribution in [3.8, 4) is 5.75 Å². The summed E-state index contributed by atoms with van der Waals surface area (Å²) in [5, 5.41) is 15.3. The minimum atomic E-state index is -1.05. The van der Waals surface area contributed by atoms with Gasteiger partial charge in [-0.3, -0.25) is 19.7 Å². The molecule has 0 unspecified atom stereocenters. The summed E-state index contributed by atoms with van der Waals surface area (Å²) >= 11 is 3.00. The lowest BCUT2D eigenvalue weighted by Gasteiger charge is -2.15. The lowest BCUT2D eigenvalue weighted by molar-refractivity contribution is -0.384. The second-order valence-corrected chi connectivity index (χ2v) is 7.35. The van der Waals surface area contributed by atoms with Gasteiger partial charge in [-0.25, -0.2) is 0 Å². The van der Waals surface area contributed by atoms with E-state index in [9.17, 15) is 19.7 Å². The Bertz CT molecular complexity index is 810. The van der Waals surface area contributed by atoms with E-state index in [4.69, 9.17) is 9.47 Å². The fraction of sp³-hybridized carbons (Fsp3) is 0.294. The number of nitrogens with one attached hydrogen (secondary N) is 1. The predicted molar refractivity (Wildman–Crippen MR) is 104 cm³/mol. The monoisotopic (exact) mass is 410 g/mol. The lowest BCUT2D eigenvalue weighted by Crippen LogP contribution is -2.30. The van der Waals surface area contributed by atoms with Crippen LogP contribution in [0.4, 0.5) is 11.4 Å². The maximum Gasteiger partial charge on any atom is 0.316 e. The highest BCUT2D eigenvalue weighted by molar-refractivity contribution is 7.99. The van der Waals surface area contributed by atoms with Crippen LogP contribution in [0.1, 0.15) is 11.8 Å². The van der Waals surface area contributed by atoms with E-state index in [1.807, 2.05) is 17.5 Å². The second-order valence-electron chi connectivity index (χ2n) is 5.34. The first kappa shape index (κ1) is 20.7. The Labute approximate surface area is 164 Å². The van der Waals surface area contributed by atoms with E-state index in [-0.39, 0.29) is 22.9 Å². The summed E-state index contributed by atoms with van der Waals surface area (Å²) in [6, 6.07) is 7.75. The topological polar surface area (TPSA) is 108 Å². The Morgan fingerprint density at radius 1 is 1.37 bits per heavy atom. The summed E-state index contributed by atoms with van der Waals surface area (Å²) in [7, 11) is 1.38. The molecule has 8 nitrogen and oxygen atoms in total. The van der Waals surface area contributed by atoms with E-state index in [2.05, 4.69) is 5.32 Å². The van der Waals surface area contributed by atoms with Gasteiger partial charge in [0.1, 0.15) is 5.75 Å². The molecule has 1 aromatic carbocycles. The third-order valence-electron chi connectivity index (χ3n) is 3.37. The molecule has 1 amide bonds. The maximum atomic E-state index is 12.2. The number of anilines is 1. The quantitative estimate of drug-likeness (QED) is 0.383. The zero-order valence-corrected chi connectivity index (χ0v) is 16.3. The first-order valence-electron chi connectivity index (χ1n) is 7.83. The van der Waals surface area contributed by atoms with Crippen LogP contribution in [0.2, 0.25) is 0 Å². The van der Waals surface area contributed by atoms with Crippen LogP contribution < -0.4 is 10.1 Å². The molecular formula is C17H18N2O6S2. The van der Waals surface area contributed by atoms with Gasteiger partial charge in [-0.15, -0.1) is 23.1 Å². The molecule has 0 fully saturated rings. The van der Waals surface area contributed by atoms with Crippen LogP contribution in [-0.2, 0) is 20.1 Å². The highest BCUT2D eigenvalue weighted by atomic mass is 32.2. The summed E-state index contributed by atoms with van der Waals surface area (Å²) in [4.78, 5) is 35.6. The molecule has 144 valence electrons. The molecule has 0 aliphatic heterocycles. The minimum absolute atomic E-state index is 0.121. The van der Waals surface area contributed by atoms with E-state index in [1.54, 1.807) is 11.3 Å². The molecule has 10 heteroatoms. The fourth-order valence-corrected chi connectivity index (χ4v) is 3.70. The number of carbonyl (C=O) groups is 2. The van der Waals surface area contributed by atoms with Crippen molar-refractivity contribution >= 4 is 46.3 Å². The molecule has 27 heavy (non-hydrogen) atoms. The fourth-order valence-electron chi connectivity index (χ4n) is 2.06. The molecule has 0 saturated carbocycles. The molecule has 0 aliphatic rings. The number of ether oxygens (including phenoxy) is 2. The van der Waals surface area contributed by atoms with Crippen LogP contribution in [-0.4, -0.2) is 35.8 Å². The van der Waals surface area contributed by atoms with Gasteiger partial charge < -0.3 is 14.8 Å². The molecule has 0 bridgehead atoms. The molecule has 0 radical (unpaired) electrons. The van der Waals surface area contributed by atoms with E-state index < -0.39 is 22.9 Å². The smallest absolute Gasteiger partial charge is 0.316 e. The number of non-ortho nitro benzene ring substituents is 1. The Morgan fingerprint density at radius 2 is 2.15 bits per heavy atom. The number of amides is 1. The van der Waals surface area contributed by atoms with Crippen LogP contribution in [0.15, 0.2) is 35.7 Å². The third kappa shape index (κ3) is 6.26. The van der Waals surface area contributed by atoms with Crippen molar-refractivity contribution in [2.45, 2.75) is 18.8 Å². The average molecular weight is 410 g/mol. The standard InChI is InChI=1S/C17H18N2O6S2/c1-11(25-16(20)10-26-9-13-4-3-7-27-13)17(21)18-14-8-12(19(22)23)5-6-15(14)24-2/h3-8,11H,9-10H2,1-2H3,(H,18,21)/t11-/m0/s1.